The Labute approximate surface area is 101 Å². The molecule has 1 atom stereocenters. The van der Waals surface area contributed by atoms with Gasteiger partial charge in [-0.25, -0.2) is 0 Å². The molecule has 2 N–H and O–H groups in total. The Morgan fingerprint density at radius 3 is 2.53 bits per heavy atom. The van der Waals surface area contributed by atoms with Crippen LogP contribution < -0.4 is 5.73 Å². The molecule has 0 fully saturated rings. The fraction of sp³-hybridized carbons (Fsp3) is 0.455. The second-order valence-corrected chi connectivity index (χ2v) is 4.62. The van der Waals surface area contributed by atoms with Gasteiger partial charge in [0.15, 0.2) is 0 Å². The van der Waals surface area contributed by atoms with E-state index in [9.17, 15) is 0 Å². The summed E-state index contributed by atoms with van der Waals surface area (Å²) in [5.41, 5.74) is 6.77. The summed E-state index contributed by atoms with van der Waals surface area (Å²) in [5, 5.41) is 1.21. The van der Waals surface area contributed by atoms with Gasteiger partial charge in [0.2, 0.25) is 0 Å². The third-order valence-electron chi connectivity index (χ3n) is 2.29. The van der Waals surface area contributed by atoms with Gasteiger partial charge in [-0.15, -0.1) is 0 Å². The van der Waals surface area contributed by atoms with Gasteiger partial charge in [-0.1, -0.05) is 35.3 Å². The Kier molecular flexibility index (Phi) is 4.87. The quantitative estimate of drug-likeness (QED) is 0.886. The lowest BCUT2D eigenvalue weighted by atomic mass is 9.99. The lowest BCUT2D eigenvalue weighted by Crippen LogP contribution is -2.26. The van der Waals surface area contributed by atoms with Gasteiger partial charge in [-0.05, 0) is 25.7 Å². The summed E-state index contributed by atoms with van der Waals surface area (Å²) in [5.74, 6) is 0.228. The van der Waals surface area contributed by atoms with Gasteiger partial charge in [-0.2, -0.15) is 0 Å². The number of rotatable bonds is 4. The zero-order valence-corrected chi connectivity index (χ0v) is 10.5. The number of hydrogen-bond donors (Lipinski definition) is 1. The zero-order valence-electron chi connectivity index (χ0n) is 9.00. The highest BCUT2D eigenvalue weighted by molar-refractivity contribution is 6.42. The number of halogens is 2. The average Bonchev–Trinajstić information content (AvgIpc) is 2.19. The number of nitrogens with zero attached hydrogens (tertiary/aromatic N) is 1. The molecular weight excluding hydrogens is 231 g/mol. The number of likely N-dealkylation sites (N-methyl/N-ethyl adjacent to an activating group) is 1. The van der Waals surface area contributed by atoms with E-state index in [4.69, 9.17) is 28.9 Å². The Balaban J connectivity index is 2.96. The van der Waals surface area contributed by atoms with Crippen molar-refractivity contribution in [3.05, 3.63) is 33.8 Å². The van der Waals surface area contributed by atoms with Crippen LogP contribution in [0.25, 0.3) is 0 Å². The molecule has 0 aliphatic heterocycles. The standard InChI is InChI=1S/C11H16Cl2N2/c1-15(2)7-8(6-14)9-4-3-5-10(12)11(9)13/h3-5,8H,6-7,14H2,1-2H3. The van der Waals surface area contributed by atoms with Gasteiger partial charge in [0.25, 0.3) is 0 Å². The Hall–Kier alpha value is -0.280. The zero-order chi connectivity index (χ0) is 11.4. The highest BCUT2D eigenvalue weighted by atomic mass is 35.5. The minimum atomic E-state index is 0.228. The van der Waals surface area contributed by atoms with E-state index in [0.717, 1.165) is 12.1 Å². The smallest absolute Gasteiger partial charge is 0.0628 e. The second kappa shape index (κ2) is 5.71. The molecule has 0 saturated heterocycles. The first-order valence-electron chi connectivity index (χ1n) is 4.85. The van der Waals surface area contributed by atoms with E-state index in [1.807, 2.05) is 26.2 Å². The van der Waals surface area contributed by atoms with Crippen LogP contribution in [-0.2, 0) is 0 Å². The van der Waals surface area contributed by atoms with Crippen LogP contribution >= 0.6 is 23.2 Å². The van der Waals surface area contributed by atoms with E-state index in [1.54, 1.807) is 6.07 Å². The lowest BCUT2D eigenvalue weighted by Gasteiger charge is -2.21. The molecule has 0 bridgehead atoms. The molecule has 0 radical (unpaired) electrons. The van der Waals surface area contributed by atoms with Crippen molar-refractivity contribution in [3.8, 4) is 0 Å². The third-order valence-corrected chi connectivity index (χ3v) is 3.12. The normalized spacial score (nSPS) is 13.2. The van der Waals surface area contributed by atoms with Crippen molar-refractivity contribution in [2.75, 3.05) is 27.2 Å². The minimum absolute atomic E-state index is 0.228. The first-order valence-corrected chi connectivity index (χ1v) is 5.60. The fourth-order valence-electron chi connectivity index (χ4n) is 1.58. The van der Waals surface area contributed by atoms with E-state index in [2.05, 4.69) is 4.90 Å². The highest BCUT2D eigenvalue weighted by Gasteiger charge is 2.15. The summed E-state index contributed by atoms with van der Waals surface area (Å²) < 4.78 is 0. The molecule has 1 aromatic carbocycles. The molecule has 1 rings (SSSR count). The van der Waals surface area contributed by atoms with Gasteiger partial charge >= 0.3 is 0 Å². The van der Waals surface area contributed by atoms with Crippen LogP contribution in [0.2, 0.25) is 10.0 Å². The number of benzene rings is 1. The molecule has 4 heteroatoms. The molecule has 0 aliphatic rings. The molecule has 1 aromatic rings. The van der Waals surface area contributed by atoms with Gasteiger partial charge in [0.05, 0.1) is 10.0 Å². The fourth-order valence-corrected chi connectivity index (χ4v) is 2.04. The molecule has 84 valence electrons. The summed E-state index contributed by atoms with van der Waals surface area (Å²) >= 11 is 12.1. The third kappa shape index (κ3) is 3.35. The van der Waals surface area contributed by atoms with E-state index in [0.29, 0.717) is 16.6 Å². The van der Waals surface area contributed by atoms with Crippen LogP contribution in [-0.4, -0.2) is 32.1 Å². The van der Waals surface area contributed by atoms with Crippen LogP contribution in [0.4, 0.5) is 0 Å². The van der Waals surface area contributed by atoms with Gasteiger partial charge < -0.3 is 10.6 Å². The van der Waals surface area contributed by atoms with Crippen molar-refractivity contribution >= 4 is 23.2 Å². The average molecular weight is 247 g/mol. The molecule has 0 aliphatic carbocycles. The maximum absolute atomic E-state index is 6.14. The monoisotopic (exact) mass is 246 g/mol. The Morgan fingerprint density at radius 1 is 1.33 bits per heavy atom. The summed E-state index contributed by atoms with van der Waals surface area (Å²) in [7, 11) is 4.03. The van der Waals surface area contributed by atoms with Crippen molar-refractivity contribution in [2.45, 2.75) is 5.92 Å². The molecule has 0 aromatic heterocycles. The van der Waals surface area contributed by atoms with Crippen molar-refractivity contribution in [2.24, 2.45) is 5.73 Å². The maximum Gasteiger partial charge on any atom is 0.0628 e. The van der Waals surface area contributed by atoms with E-state index >= 15 is 0 Å². The highest BCUT2D eigenvalue weighted by Crippen LogP contribution is 2.30. The van der Waals surface area contributed by atoms with Crippen LogP contribution in [0.15, 0.2) is 18.2 Å². The molecule has 0 amide bonds. The largest absolute Gasteiger partial charge is 0.330 e. The van der Waals surface area contributed by atoms with Gasteiger partial charge in [-0.3, -0.25) is 0 Å². The molecule has 2 nitrogen and oxygen atoms in total. The first kappa shape index (κ1) is 12.8. The minimum Gasteiger partial charge on any atom is -0.330 e. The molecule has 15 heavy (non-hydrogen) atoms. The predicted octanol–water partition coefficient (Wildman–Crippen LogP) is 2.60. The van der Waals surface area contributed by atoms with Crippen LogP contribution in [0.1, 0.15) is 11.5 Å². The molecule has 1 unspecified atom stereocenters. The lowest BCUT2D eigenvalue weighted by molar-refractivity contribution is 0.375. The summed E-state index contributed by atoms with van der Waals surface area (Å²) in [4.78, 5) is 2.09. The summed E-state index contributed by atoms with van der Waals surface area (Å²) in [6.45, 7) is 1.44. The van der Waals surface area contributed by atoms with E-state index < -0.39 is 0 Å². The molecular formula is C11H16Cl2N2. The Bertz CT molecular complexity index is 326. The van der Waals surface area contributed by atoms with Crippen molar-refractivity contribution < 1.29 is 0 Å². The number of nitrogens with two attached hydrogens (primary N) is 1. The van der Waals surface area contributed by atoms with Crippen molar-refractivity contribution in [1.29, 1.82) is 0 Å². The summed E-state index contributed by atoms with van der Waals surface area (Å²) in [6, 6.07) is 5.67. The van der Waals surface area contributed by atoms with Gasteiger partial charge in [0.1, 0.15) is 0 Å². The predicted molar refractivity (Wildman–Crippen MR) is 66.8 cm³/mol. The Morgan fingerprint density at radius 2 is 2.00 bits per heavy atom. The van der Waals surface area contributed by atoms with Crippen LogP contribution in [0.5, 0.6) is 0 Å². The van der Waals surface area contributed by atoms with Crippen LogP contribution in [0.3, 0.4) is 0 Å². The summed E-state index contributed by atoms with van der Waals surface area (Å²) in [6.07, 6.45) is 0. The van der Waals surface area contributed by atoms with Crippen molar-refractivity contribution in [3.63, 3.8) is 0 Å². The molecule has 0 spiro atoms. The first-order chi connectivity index (χ1) is 7.06. The van der Waals surface area contributed by atoms with Crippen molar-refractivity contribution in [1.82, 2.24) is 4.90 Å². The van der Waals surface area contributed by atoms with Crippen LogP contribution in [0, 0.1) is 0 Å². The second-order valence-electron chi connectivity index (χ2n) is 3.84. The molecule has 0 heterocycles. The topological polar surface area (TPSA) is 29.3 Å². The number of hydrogen-bond acceptors (Lipinski definition) is 2. The maximum atomic E-state index is 6.14. The van der Waals surface area contributed by atoms with E-state index in [-0.39, 0.29) is 5.92 Å². The van der Waals surface area contributed by atoms with E-state index in [1.165, 1.54) is 0 Å². The van der Waals surface area contributed by atoms with Gasteiger partial charge in [0, 0.05) is 19.0 Å². The SMILES string of the molecule is CN(C)CC(CN)c1cccc(Cl)c1Cl. The molecule has 0 saturated carbocycles.